The molecule has 3 aromatic carbocycles. The number of carbonyl (C=O) groups excluding carboxylic acids is 1. The second-order valence-electron chi connectivity index (χ2n) is 7.34. The Morgan fingerprint density at radius 3 is 2.67 bits per heavy atom. The number of carbonyl (C=O) groups is 1. The van der Waals surface area contributed by atoms with Crippen LogP contribution in [0.1, 0.15) is 25.8 Å². The predicted octanol–water partition coefficient (Wildman–Crippen LogP) is 6.19. The van der Waals surface area contributed by atoms with Crippen LogP contribution in [0.15, 0.2) is 71.4 Å². The third-order valence-electron chi connectivity index (χ3n) is 5.30. The lowest BCUT2D eigenvalue weighted by Gasteiger charge is -2.11. The van der Waals surface area contributed by atoms with Crippen LogP contribution in [0.5, 0.6) is 5.75 Å². The molecule has 1 aromatic heterocycles. The minimum absolute atomic E-state index is 0.0991. The maximum Gasteiger partial charge on any atom is 0.244 e. The molecule has 1 N–H and O–H groups in total. The molecule has 4 heteroatoms. The molecule has 4 aromatic rings. The van der Waals surface area contributed by atoms with Gasteiger partial charge < -0.3 is 14.5 Å². The molecule has 0 radical (unpaired) electrons. The smallest absolute Gasteiger partial charge is 0.244 e. The number of ether oxygens (including phenoxy) is 1. The Balaban J connectivity index is 1.86. The molecule has 0 saturated heterocycles. The first-order valence-electron chi connectivity index (χ1n) is 10.2. The van der Waals surface area contributed by atoms with Gasteiger partial charge in [0.1, 0.15) is 11.3 Å². The van der Waals surface area contributed by atoms with Crippen molar-refractivity contribution in [1.29, 1.82) is 0 Å². The molecule has 0 bridgehead atoms. The van der Waals surface area contributed by atoms with Gasteiger partial charge in [-0.05, 0) is 41.3 Å². The molecule has 4 nitrogen and oxygen atoms in total. The van der Waals surface area contributed by atoms with Crippen molar-refractivity contribution in [2.45, 2.75) is 20.3 Å². The van der Waals surface area contributed by atoms with E-state index in [-0.39, 0.29) is 5.91 Å². The highest BCUT2D eigenvalue weighted by atomic mass is 16.5. The van der Waals surface area contributed by atoms with Gasteiger partial charge in [0.15, 0.2) is 0 Å². The summed E-state index contributed by atoms with van der Waals surface area (Å²) in [6.07, 6.45) is 4.32. The monoisotopic (exact) mass is 399 g/mol. The van der Waals surface area contributed by atoms with Crippen LogP contribution in [0.3, 0.4) is 0 Å². The molecule has 30 heavy (non-hydrogen) atoms. The third kappa shape index (κ3) is 3.69. The first kappa shape index (κ1) is 19.8. The van der Waals surface area contributed by atoms with Gasteiger partial charge in [-0.2, -0.15) is 0 Å². The topological polar surface area (TPSA) is 51.5 Å². The van der Waals surface area contributed by atoms with Gasteiger partial charge in [0, 0.05) is 35.2 Å². The van der Waals surface area contributed by atoms with Crippen molar-refractivity contribution in [2.24, 2.45) is 0 Å². The highest BCUT2D eigenvalue weighted by Crippen LogP contribution is 2.39. The highest BCUT2D eigenvalue weighted by Gasteiger charge is 2.16. The number of amides is 1. The van der Waals surface area contributed by atoms with Crippen LogP contribution in [0.4, 0.5) is 0 Å². The van der Waals surface area contributed by atoms with Crippen molar-refractivity contribution in [3.8, 4) is 16.9 Å². The van der Waals surface area contributed by atoms with Gasteiger partial charge in [-0.1, -0.05) is 49.4 Å². The summed E-state index contributed by atoms with van der Waals surface area (Å²) in [7, 11) is 1.63. The lowest BCUT2D eigenvalue weighted by atomic mass is 9.96. The Hall–Kier alpha value is -3.53. The maximum absolute atomic E-state index is 12.2. The SMILES string of the molecule is CCCNC(=O)/C=C(\C)c1cc2c(-c3cccc4ccccc34)coc2cc1OC. The highest BCUT2D eigenvalue weighted by molar-refractivity contribution is 6.06. The molecule has 0 saturated carbocycles. The number of fused-ring (bicyclic) bond motifs is 2. The Morgan fingerprint density at radius 1 is 1.07 bits per heavy atom. The minimum atomic E-state index is -0.0991. The average Bonchev–Trinajstić information content (AvgIpc) is 3.19. The van der Waals surface area contributed by atoms with E-state index >= 15 is 0 Å². The standard InChI is InChI=1S/C26H25NO3/c1-4-12-27-26(28)13-17(2)21-14-22-23(16-30-25(22)15-24(21)29-3)20-11-7-9-18-8-5-6-10-19(18)20/h5-11,13-16H,4,12H2,1-3H3,(H,27,28)/b17-13+. The number of allylic oxidation sites excluding steroid dienone is 1. The van der Waals surface area contributed by atoms with Crippen molar-refractivity contribution >= 4 is 33.2 Å². The van der Waals surface area contributed by atoms with Gasteiger partial charge in [-0.3, -0.25) is 4.79 Å². The number of hydrogen-bond donors (Lipinski definition) is 1. The molecule has 152 valence electrons. The molecule has 0 fully saturated rings. The first-order valence-corrected chi connectivity index (χ1v) is 10.2. The molecule has 4 rings (SSSR count). The number of furan rings is 1. The van der Waals surface area contributed by atoms with Crippen LogP contribution in [-0.4, -0.2) is 19.6 Å². The second-order valence-corrected chi connectivity index (χ2v) is 7.34. The zero-order chi connectivity index (χ0) is 21.1. The number of hydrogen-bond acceptors (Lipinski definition) is 3. The van der Waals surface area contributed by atoms with Gasteiger partial charge in [-0.15, -0.1) is 0 Å². The lowest BCUT2D eigenvalue weighted by Crippen LogP contribution is -2.21. The van der Waals surface area contributed by atoms with Crippen LogP contribution in [0.2, 0.25) is 0 Å². The lowest BCUT2D eigenvalue weighted by molar-refractivity contribution is -0.116. The summed E-state index contributed by atoms with van der Waals surface area (Å²) in [6.45, 7) is 4.61. The Bertz CT molecular complexity index is 1240. The van der Waals surface area contributed by atoms with E-state index in [2.05, 4.69) is 35.6 Å². The largest absolute Gasteiger partial charge is 0.496 e. The minimum Gasteiger partial charge on any atom is -0.496 e. The summed E-state index contributed by atoms with van der Waals surface area (Å²) in [5.41, 5.74) is 4.60. The van der Waals surface area contributed by atoms with Gasteiger partial charge in [0.05, 0.1) is 13.4 Å². The normalized spacial score (nSPS) is 11.8. The molecule has 1 amide bonds. The number of nitrogens with one attached hydrogen (secondary N) is 1. The summed E-state index contributed by atoms with van der Waals surface area (Å²) < 4.78 is 11.5. The third-order valence-corrected chi connectivity index (χ3v) is 5.30. The molecule has 0 atom stereocenters. The second kappa shape index (κ2) is 8.46. The molecule has 0 aliphatic heterocycles. The van der Waals surface area contributed by atoms with E-state index in [1.165, 1.54) is 10.8 Å². The fraction of sp³-hybridized carbons (Fsp3) is 0.192. The van der Waals surface area contributed by atoms with Crippen LogP contribution in [-0.2, 0) is 4.79 Å². The summed E-state index contributed by atoms with van der Waals surface area (Å²) in [6, 6.07) is 18.5. The van der Waals surface area contributed by atoms with E-state index in [9.17, 15) is 4.79 Å². The van der Waals surface area contributed by atoms with Crippen LogP contribution < -0.4 is 10.1 Å². The summed E-state index contributed by atoms with van der Waals surface area (Å²) in [5.74, 6) is 0.580. The fourth-order valence-electron chi connectivity index (χ4n) is 3.77. The van der Waals surface area contributed by atoms with E-state index in [4.69, 9.17) is 9.15 Å². The molecular formula is C26H25NO3. The average molecular weight is 399 g/mol. The summed E-state index contributed by atoms with van der Waals surface area (Å²) >= 11 is 0. The van der Waals surface area contributed by atoms with E-state index in [1.807, 2.05) is 38.1 Å². The van der Waals surface area contributed by atoms with E-state index in [0.717, 1.165) is 39.7 Å². The quantitative estimate of drug-likeness (QED) is 0.393. The predicted molar refractivity (Wildman–Crippen MR) is 123 cm³/mol. The number of rotatable bonds is 6. The zero-order valence-electron chi connectivity index (χ0n) is 17.5. The van der Waals surface area contributed by atoms with Crippen molar-refractivity contribution in [3.63, 3.8) is 0 Å². The number of methoxy groups -OCH3 is 1. The van der Waals surface area contributed by atoms with Crippen molar-refractivity contribution in [2.75, 3.05) is 13.7 Å². The van der Waals surface area contributed by atoms with Crippen LogP contribution >= 0.6 is 0 Å². The fourth-order valence-corrected chi connectivity index (χ4v) is 3.77. The Labute approximate surface area is 176 Å². The summed E-state index contributed by atoms with van der Waals surface area (Å²) in [4.78, 5) is 12.2. The first-order chi connectivity index (χ1) is 14.6. The molecule has 0 aliphatic carbocycles. The molecule has 1 heterocycles. The Kier molecular flexibility index (Phi) is 5.57. The molecule has 0 aliphatic rings. The van der Waals surface area contributed by atoms with Crippen LogP contribution in [0.25, 0.3) is 38.4 Å². The molecule has 0 spiro atoms. The van der Waals surface area contributed by atoms with Gasteiger partial charge in [0.2, 0.25) is 5.91 Å². The van der Waals surface area contributed by atoms with Gasteiger partial charge in [-0.25, -0.2) is 0 Å². The van der Waals surface area contributed by atoms with Crippen molar-refractivity contribution in [3.05, 3.63) is 72.5 Å². The van der Waals surface area contributed by atoms with Crippen molar-refractivity contribution in [1.82, 2.24) is 5.32 Å². The van der Waals surface area contributed by atoms with E-state index < -0.39 is 0 Å². The van der Waals surface area contributed by atoms with E-state index in [0.29, 0.717) is 12.3 Å². The zero-order valence-corrected chi connectivity index (χ0v) is 17.5. The maximum atomic E-state index is 12.2. The van der Waals surface area contributed by atoms with E-state index in [1.54, 1.807) is 19.4 Å². The number of benzene rings is 3. The van der Waals surface area contributed by atoms with Crippen LogP contribution in [0, 0.1) is 0 Å². The van der Waals surface area contributed by atoms with Gasteiger partial charge in [0.25, 0.3) is 0 Å². The van der Waals surface area contributed by atoms with Crippen molar-refractivity contribution < 1.29 is 13.9 Å². The molecular weight excluding hydrogens is 374 g/mol. The Morgan fingerprint density at radius 2 is 1.87 bits per heavy atom. The molecule has 0 unspecified atom stereocenters. The van der Waals surface area contributed by atoms with Gasteiger partial charge >= 0.3 is 0 Å². The summed E-state index contributed by atoms with van der Waals surface area (Å²) in [5, 5.41) is 6.23.